The van der Waals surface area contributed by atoms with Crippen LogP contribution in [0.2, 0.25) is 0 Å². The molecule has 1 aliphatic carbocycles. The molecule has 0 saturated carbocycles. The Labute approximate surface area is 173 Å². The lowest BCUT2D eigenvalue weighted by molar-refractivity contribution is 0.449. The third-order valence-corrected chi connectivity index (χ3v) is 6.63. The number of fused-ring (bicyclic) bond motifs is 3. The van der Waals surface area contributed by atoms with Crippen LogP contribution in [-0.2, 0) is 5.41 Å². The third kappa shape index (κ3) is 4.59. The van der Waals surface area contributed by atoms with E-state index in [1.54, 1.807) is 0 Å². The minimum Gasteiger partial charge on any atom is -0.103 e. The Morgan fingerprint density at radius 3 is 1.64 bits per heavy atom. The average Bonchev–Trinajstić information content (AvgIpc) is 3.00. The topological polar surface area (TPSA) is 0 Å². The summed E-state index contributed by atoms with van der Waals surface area (Å²) in [7, 11) is 0. The summed E-state index contributed by atoms with van der Waals surface area (Å²) in [4.78, 5) is 0. The van der Waals surface area contributed by atoms with Gasteiger partial charge in [-0.05, 0) is 35.1 Å². The molecule has 2 aromatic carbocycles. The van der Waals surface area contributed by atoms with E-state index in [1.807, 2.05) is 0 Å². The predicted octanol–water partition coefficient (Wildman–Crippen LogP) is 8.84. The van der Waals surface area contributed by atoms with Gasteiger partial charge in [-0.3, -0.25) is 0 Å². The fraction of sp³-hybridized carbons (Fsp3) is 0.500. The Hall–Kier alpha value is -1.82. The Morgan fingerprint density at radius 1 is 0.679 bits per heavy atom. The first kappa shape index (κ1) is 20.9. The Balaban J connectivity index is 1.57. The van der Waals surface area contributed by atoms with E-state index < -0.39 is 0 Å². The maximum Gasteiger partial charge on any atom is 0.0249 e. The standard InChI is InChI=1S/C28H38/c1-3-5-6-7-8-9-10-11-12-17-23-28(22-4-2)26-20-15-13-18-24(26)25-19-14-16-21-27(25)28/h4,13-16,18-21H,2-3,5-12,17,22-23H2,1H3. The lowest BCUT2D eigenvalue weighted by Gasteiger charge is -2.31. The van der Waals surface area contributed by atoms with Crippen LogP contribution in [0.25, 0.3) is 11.1 Å². The van der Waals surface area contributed by atoms with Crippen molar-refractivity contribution in [1.82, 2.24) is 0 Å². The van der Waals surface area contributed by atoms with Gasteiger partial charge in [-0.1, -0.05) is 126 Å². The zero-order valence-electron chi connectivity index (χ0n) is 17.9. The van der Waals surface area contributed by atoms with Gasteiger partial charge in [0, 0.05) is 5.41 Å². The molecule has 28 heavy (non-hydrogen) atoms. The van der Waals surface area contributed by atoms with Gasteiger partial charge in [-0.15, -0.1) is 6.58 Å². The Bertz CT molecular complexity index is 694. The number of allylic oxidation sites excluding steroid dienone is 1. The van der Waals surface area contributed by atoms with Crippen LogP contribution in [-0.4, -0.2) is 0 Å². The normalized spacial score (nSPS) is 13.9. The molecule has 0 radical (unpaired) electrons. The molecule has 0 unspecified atom stereocenters. The zero-order chi connectivity index (χ0) is 19.7. The first-order chi connectivity index (χ1) is 13.8. The lowest BCUT2D eigenvalue weighted by atomic mass is 9.72. The molecule has 0 fully saturated rings. The molecule has 0 amide bonds. The first-order valence-corrected chi connectivity index (χ1v) is 11.6. The molecule has 2 aromatic rings. The fourth-order valence-corrected chi connectivity index (χ4v) is 5.17. The molecule has 0 nitrogen and oxygen atoms in total. The second-order valence-electron chi connectivity index (χ2n) is 8.60. The maximum absolute atomic E-state index is 4.11. The third-order valence-electron chi connectivity index (χ3n) is 6.63. The summed E-state index contributed by atoms with van der Waals surface area (Å²) in [5, 5.41) is 0. The number of unbranched alkanes of at least 4 members (excludes halogenated alkanes) is 9. The molecule has 0 saturated heterocycles. The van der Waals surface area contributed by atoms with Gasteiger partial charge in [-0.2, -0.15) is 0 Å². The van der Waals surface area contributed by atoms with Crippen molar-refractivity contribution < 1.29 is 0 Å². The molecule has 3 rings (SSSR count). The van der Waals surface area contributed by atoms with E-state index in [4.69, 9.17) is 0 Å². The van der Waals surface area contributed by atoms with E-state index in [9.17, 15) is 0 Å². The largest absolute Gasteiger partial charge is 0.103 e. The number of hydrogen-bond donors (Lipinski definition) is 0. The van der Waals surface area contributed by atoms with Crippen LogP contribution < -0.4 is 0 Å². The summed E-state index contributed by atoms with van der Waals surface area (Å²) < 4.78 is 0. The second-order valence-corrected chi connectivity index (χ2v) is 8.60. The summed E-state index contributed by atoms with van der Waals surface area (Å²) in [6.07, 6.45) is 18.4. The summed E-state index contributed by atoms with van der Waals surface area (Å²) in [6, 6.07) is 18.1. The molecule has 0 N–H and O–H groups in total. The molecule has 0 aromatic heterocycles. The summed E-state index contributed by atoms with van der Waals surface area (Å²) in [6.45, 7) is 6.41. The van der Waals surface area contributed by atoms with E-state index in [2.05, 4.69) is 68.1 Å². The molecule has 0 atom stereocenters. The van der Waals surface area contributed by atoms with E-state index in [1.165, 1.54) is 92.9 Å². The zero-order valence-corrected chi connectivity index (χ0v) is 17.9. The number of rotatable bonds is 13. The quantitative estimate of drug-likeness (QED) is 0.242. The molecule has 0 heteroatoms. The van der Waals surface area contributed by atoms with Crippen LogP contribution in [0.4, 0.5) is 0 Å². The molecular weight excluding hydrogens is 336 g/mol. The van der Waals surface area contributed by atoms with Gasteiger partial charge < -0.3 is 0 Å². The van der Waals surface area contributed by atoms with Gasteiger partial charge >= 0.3 is 0 Å². The van der Waals surface area contributed by atoms with Crippen molar-refractivity contribution in [3.63, 3.8) is 0 Å². The van der Waals surface area contributed by atoms with Crippen LogP contribution in [0.3, 0.4) is 0 Å². The number of benzene rings is 2. The summed E-state index contributed by atoms with van der Waals surface area (Å²) >= 11 is 0. The van der Waals surface area contributed by atoms with Crippen molar-refractivity contribution in [3.05, 3.63) is 72.3 Å². The van der Waals surface area contributed by atoms with Crippen molar-refractivity contribution in [3.8, 4) is 11.1 Å². The van der Waals surface area contributed by atoms with Gasteiger partial charge in [0.1, 0.15) is 0 Å². The van der Waals surface area contributed by atoms with Gasteiger partial charge in [-0.25, -0.2) is 0 Å². The maximum atomic E-state index is 4.11. The molecule has 0 heterocycles. The lowest BCUT2D eigenvalue weighted by Crippen LogP contribution is -2.24. The van der Waals surface area contributed by atoms with Crippen molar-refractivity contribution in [1.29, 1.82) is 0 Å². The molecule has 0 bridgehead atoms. The molecule has 1 aliphatic rings. The van der Waals surface area contributed by atoms with Crippen LogP contribution in [0.15, 0.2) is 61.2 Å². The number of hydrogen-bond acceptors (Lipinski definition) is 0. The van der Waals surface area contributed by atoms with Gasteiger partial charge in [0.2, 0.25) is 0 Å². The monoisotopic (exact) mass is 374 g/mol. The van der Waals surface area contributed by atoms with E-state index in [0.29, 0.717) is 0 Å². The van der Waals surface area contributed by atoms with Gasteiger partial charge in [0.15, 0.2) is 0 Å². The highest BCUT2D eigenvalue weighted by atomic mass is 14.4. The van der Waals surface area contributed by atoms with E-state index >= 15 is 0 Å². The van der Waals surface area contributed by atoms with E-state index in [-0.39, 0.29) is 5.41 Å². The van der Waals surface area contributed by atoms with E-state index in [0.717, 1.165) is 6.42 Å². The SMILES string of the molecule is C=CCC1(CCCCCCCCCCCC)c2ccccc2-c2ccccc21. The predicted molar refractivity (Wildman–Crippen MR) is 124 cm³/mol. The highest BCUT2D eigenvalue weighted by Crippen LogP contribution is 2.53. The molecule has 0 spiro atoms. The van der Waals surface area contributed by atoms with Gasteiger partial charge in [0.05, 0.1) is 0 Å². The van der Waals surface area contributed by atoms with Gasteiger partial charge in [0.25, 0.3) is 0 Å². The fourth-order valence-electron chi connectivity index (χ4n) is 5.17. The highest BCUT2D eigenvalue weighted by Gasteiger charge is 2.41. The smallest absolute Gasteiger partial charge is 0.0249 e. The Morgan fingerprint density at radius 2 is 1.14 bits per heavy atom. The van der Waals surface area contributed by atoms with Crippen LogP contribution in [0, 0.1) is 0 Å². The average molecular weight is 375 g/mol. The second kappa shape index (κ2) is 10.6. The minimum atomic E-state index is 0.134. The first-order valence-electron chi connectivity index (χ1n) is 11.6. The van der Waals surface area contributed by atoms with Crippen LogP contribution in [0.5, 0.6) is 0 Å². The minimum absolute atomic E-state index is 0.134. The highest BCUT2D eigenvalue weighted by molar-refractivity contribution is 5.81. The van der Waals surface area contributed by atoms with Crippen LogP contribution >= 0.6 is 0 Å². The molecular formula is C28H38. The summed E-state index contributed by atoms with van der Waals surface area (Å²) in [5.74, 6) is 0. The van der Waals surface area contributed by atoms with Crippen LogP contribution in [0.1, 0.15) is 95.1 Å². The van der Waals surface area contributed by atoms with Crippen molar-refractivity contribution in [2.24, 2.45) is 0 Å². The van der Waals surface area contributed by atoms with Crippen molar-refractivity contribution in [2.45, 2.75) is 89.4 Å². The van der Waals surface area contributed by atoms with Crippen molar-refractivity contribution in [2.75, 3.05) is 0 Å². The molecule has 150 valence electrons. The van der Waals surface area contributed by atoms with Crippen molar-refractivity contribution >= 4 is 0 Å². The molecule has 0 aliphatic heterocycles. The summed E-state index contributed by atoms with van der Waals surface area (Å²) in [5.41, 5.74) is 6.05. The Kier molecular flexibility index (Phi) is 7.95.